The molecule has 1 fully saturated rings. The van der Waals surface area contributed by atoms with Crippen LogP contribution in [-0.4, -0.2) is 12.6 Å². The standard InChI is InChI=1S/C14H21NO/c1-4-16-13-7-5-6-12(10-13)15-11(2)14(3)8-9-14/h5-7,10-11,15H,4,8-9H2,1-3H3. The highest BCUT2D eigenvalue weighted by Gasteiger charge is 2.42. The van der Waals surface area contributed by atoms with E-state index in [1.807, 2.05) is 19.1 Å². The van der Waals surface area contributed by atoms with Crippen molar-refractivity contribution in [2.45, 2.75) is 39.7 Å². The molecule has 1 aliphatic carbocycles. The van der Waals surface area contributed by atoms with Gasteiger partial charge in [-0.25, -0.2) is 0 Å². The lowest BCUT2D eigenvalue weighted by molar-refractivity contribution is 0.340. The fraction of sp³-hybridized carbons (Fsp3) is 0.571. The molecule has 1 N–H and O–H groups in total. The van der Waals surface area contributed by atoms with Gasteiger partial charge in [0.1, 0.15) is 5.75 Å². The lowest BCUT2D eigenvalue weighted by atomic mass is 10.0. The van der Waals surface area contributed by atoms with Crippen LogP contribution in [0.2, 0.25) is 0 Å². The van der Waals surface area contributed by atoms with Gasteiger partial charge in [-0.15, -0.1) is 0 Å². The van der Waals surface area contributed by atoms with Gasteiger partial charge in [0.15, 0.2) is 0 Å². The van der Waals surface area contributed by atoms with Crippen molar-refractivity contribution >= 4 is 5.69 Å². The average molecular weight is 219 g/mol. The topological polar surface area (TPSA) is 21.3 Å². The largest absolute Gasteiger partial charge is 0.494 e. The minimum Gasteiger partial charge on any atom is -0.494 e. The monoisotopic (exact) mass is 219 g/mol. The molecule has 0 heterocycles. The highest BCUT2D eigenvalue weighted by atomic mass is 16.5. The number of rotatable bonds is 5. The average Bonchev–Trinajstić information content (AvgIpc) is 2.99. The number of hydrogen-bond donors (Lipinski definition) is 1. The molecular weight excluding hydrogens is 198 g/mol. The number of nitrogens with one attached hydrogen (secondary N) is 1. The van der Waals surface area contributed by atoms with E-state index in [9.17, 15) is 0 Å². The summed E-state index contributed by atoms with van der Waals surface area (Å²) in [5.74, 6) is 0.945. The molecule has 16 heavy (non-hydrogen) atoms. The molecule has 1 aromatic rings. The van der Waals surface area contributed by atoms with E-state index in [1.54, 1.807) is 0 Å². The molecule has 1 atom stereocenters. The normalized spacial score (nSPS) is 18.9. The van der Waals surface area contributed by atoms with Crippen LogP contribution in [0.25, 0.3) is 0 Å². The van der Waals surface area contributed by atoms with Gasteiger partial charge in [0.25, 0.3) is 0 Å². The molecule has 0 aromatic heterocycles. The molecule has 2 rings (SSSR count). The third-order valence-corrected chi connectivity index (χ3v) is 3.61. The van der Waals surface area contributed by atoms with Gasteiger partial charge in [-0.1, -0.05) is 13.0 Å². The molecule has 1 aliphatic rings. The van der Waals surface area contributed by atoms with Gasteiger partial charge >= 0.3 is 0 Å². The zero-order valence-electron chi connectivity index (χ0n) is 10.4. The Hall–Kier alpha value is -1.18. The molecule has 0 aliphatic heterocycles. The summed E-state index contributed by atoms with van der Waals surface area (Å²) >= 11 is 0. The first kappa shape index (κ1) is 11.3. The molecule has 0 spiro atoms. The molecule has 1 saturated carbocycles. The van der Waals surface area contributed by atoms with E-state index in [-0.39, 0.29) is 0 Å². The van der Waals surface area contributed by atoms with Crippen LogP contribution in [0.15, 0.2) is 24.3 Å². The van der Waals surface area contributed by atoms with E-state index in [2.05, 4.69) is 31.3 Å². The van der Waals surface area contributed by atoms with Crippen LogP contribution in [0, 0.1) is 5.41 Å². The minimum absolute atomic E-state index is 0.502. The van der Waals surface area contributed by atoms with Gasteiger partial charge in [0, 0.05) is 17.8 Å². The summed E-state index contributed by atoms with van der Waals surface area (Å²) in [4.78, 5) is 0. The molecular formula is C14H21NO. The van der Waals surface area contributed by atoms with Crippen LogP contribution in [0.5, 0.6) is 5.75 Å². The van der Waals surface area contributed by atoms with Crippen LogP contribution in [0.4, 0.5) is 5.69 Å². The third kappa shape index (κ3) is 2.49. The number of ether oxygens (including phenoxy) is 1. The molecule has 88 valence electrons. The minimum atomic E-state index is 0.502. The summed E-state index contributed by atoms with van der Waals surface area (Å²) < 4.78 is 5.49. The number of benzene rings is 1. The summed E-state index contributed by atoms with van der Waals surface area (Å²) in [7, 11) is 0. The number of hydrogen-bond acceptors (Lipinski definition) is 2. The second-order valence-corrected chi connectivity index (χ2v) is 4.98. The Balaban J connectivity index is 2.00. The van der Waals surface area contributed by atoms with E-state index < -0.39 is 0 Å². The van der Waals surface area contributed by atoms with E-state index in [4.69, 9.17) is 4.74 Å². The Morgan fingerprint density at radius 1 is 1.44 bits per heavy atom. The lowest BCUT2D eigenvalue weighted by Gasteiger charge is -2.21. The predicted octanol–water partition coefficient (Wildman–Crippen LogP) is 3.69. The van der Waals surface area contributed by atoms with Crippen LogP contribution in [-0.2, 0) is 0 Å². The Morgan fingerprint density at radius 2 is 2.19 bits per heavy atom. The van der Waals surface area contributed by atoms with Crippen LogP contribution >= 0.6 is 0 Å². The van der Waals surface area contributed by atoms with Crippen molar-refractivity contribution < 1.29 is 4.74 Å². The van der Waals surface area contributed by atoms with E-state index in [0.717, 1.165) is 18.0 Å². The first-order valence-corrected chi connectivity index (χ1v) is 6.13. The Labute approximate surface area is 98.0 Å². The molecule has 2 heteroatoms. The fourth-order valence-electron chi connectivity index (χ4n) is 1.90. The first-order valence-electron chi connectivity index (χ1n) is 6.13. The molecule has 0 saturated heterocycles. The second-order valence-electron chi connectivity index (χ2n) is 4.98. The molecule has 0 bridgehead atoms. The quantitative estimate of drug-likeness (QED) is 0.815. The fourth-order valence-corrected chi connectivity index (χ4v) is 1.90. The van der Waals surface area contributed by atoms with Crippen LogP contribution in [0.1, 0.15) is 33.6 Å². The molecule has 1 aromatic carbocycles. The van der Waals surface area contributed by atoms with Crippen molar-refractivity contribution in [3.63, 3.8) is 0 Å². The zero-order valence-corrected chi connectivity index (χ0v) is 10.4. The molecule has 2 nitrogen and oxygen atoms in total. The smallest absolute Gasteiger partial charge is 0.121 e. The maximum Gasteiger partial charge on any atom is 0.121 e. The Bertz CT molecular complexity index is 358. The zero-order chi connectivity index (χ0) is 11.6. The Kier molecular flexibility index (Phi) is 3.08. The van der Waals surface area contributed by atoms with Gasteiger partial charge < -0.3 is 10.1 Å². The molecule has 0 radical (unpaired) electrons. The summed E-state index contributed by atoms with van der Waals surface area (Å²) in [6, 6.07) is 8.74. The van der Waals surface area contributed by atoms with Crippen molar-refractivity contribution in [3.05, 3.63) is 24.3 Å². The van der Waals surface area contributed by atoms with Crippen molar-refractivity contribution in [2.24, 2.45) is 5.41 Å². The maximum absolute atomic E-state index is 5.49. The van der Waals surface area contributed by atoms with Crippen molar-refractivity contribution in [2.75, 3.05) is 11.9 Å². The lowest BCUT2D eigenvalue weighted by Crippen LogP contribution is -2.24. The van der Waals surface area contributed by atoms with Crippen molar-refractivity contribution in [1.29, 1.82) is 0 Å². The third-order valence-electron chi connectivity index (χ3n) is 3.61. The highest BCUT2D eigenvalue weighted by Crippen LogP contribution is 2.48. The first-order chi connectivity index (χ1) is 7.64. The summed E-state index contributed by atoms with van der Waals surface area (Å²) in [6.45, 7) is 7.34. The number of anilines is 1. The summed E-state index contributed by atoms with van der Waals surface area (Å²) in [5, 5.41) is 3.56. The van der Waals surface area contributed by atoms with Gasteiger partial charge in [-0.05, 0) is 44.2 Å². The molecule has 0 amide bonds. The highest BCUT2D eigenvalue weighted by molar-refractivity contribution is 5.49. The maximum atomic E-state index is 5.49. The van der Waals surface area contributed by atoms with Crippen molar-refractivity contribution in [1.82, 2.24) is 0 Å². The van der Waals surface area contributed by atoms with Gasteiger partial charge in [-0.2, -0.15) is 0 Å². The van der Waals surface area contributed by atoms with Crippen molar-refractivity contribution in [3.8, 4) is 5.75 Å². The van der Waals surface area contributed by atoms with Gasteiger partial charge in [0.05, 0.1) is 6.61 Å². The van der Waals surface area contributed by atoms with Gasteiger partial charge in [0.2, 0.25) is 0 Å². The predicted molar refractivity (Wildman–Crippen MR) is 68.0 cm³/mol. The van der Waals surface area contributed by atoms with Crippen LogP contribution < -0.4 is 10.1 Å². The Morgan fingerprint density at radius 3 is 2.81 bits per heavy atom. The van der Waals surface area contributed by atoms with E-state index in [0.29, 0.717) is 11.5 Å². The van der Waals surface area contributed by atoms with E-state index >= 15 is 0 Å². The summed E-state index contributed by atoms with van der Waals surface area (Å²) in [5.41, 5.74) is 1.66. The SMILES string of the molecule is CCOc1cccc(NC(C)C2(C)CC2)c1. The molecule has 1 unspecified atom stereocenters. The second kappa shape index (κ2) is 4.36. The van der Waals surface area contributed by atoms with E-state index in [1.165, 1.54) is 12.8 Å². The van der Waals surface area contributed by atoms with Crippen LogP contribution in [0.3, 0.4) is 0 Å². The summed E-state index contributed by atoms with van der Waals surface area (Å²) in [6.07, 6.45) is 2.68. The van der Waals surface area contributed by atoms with Gasteiger partial charge in [-0.3, -0.25) is 0 Å².